The summed E-state index contributed by atoms with van der Waals surface area (Å²) in [4.78, 5) is 17.6. The van der Waals surface area contributed by atoms with E-state index in [-0.39, 0.29) is 6.09 Å². The molecule has 5 heteroatoms. The minimum Gasteiger partial charge on any atom is -0.443 e. The zero-order valence-electron chi connectivity index (χ0n) is 10.5. The second-order valence-corrected chi connectivity index (χ2v) is 5.47. The molecule has 1 amide bonds. The SMILES string of the molecule is CCN(C(=O)OC(C)(C)C)c1ccc(Br)cn1. The highest BCUT2D eigenvalue weighted by Gasteiger charge is 2.22. The molecule has 0 spiro atoms. The first kappa shape index (κ1) is 14.0. The van der Waals surface area contributed by atoms with Crippen LogP contribution in [0.15, 0.2) is 22.8 Å². The Morgan fingerprint density at radius 1 is 1.47 bits per heavy atom. The lowest BCUT2D eigenvalue weighted by atomic mass is 10.2. The fourth-order valence-corrected chi connectivity index (χ4v) is 1.46. The summed E-state index contributed by atoms with van der Waals surface area (Å²) in [5.41, 5.74) is -0.500. The average Bonchev–Trinajstić information content (AvgIpc) is 2.19. The van der Waals surface area contributed by atoms with Crippen LogP contribution in [-0.2, 0) is 4.74 Å². The smallest absolute Gasteiger partial charge is 0.415 e. The fraction of sp³-hybridized carbons (Fsp3) is 0.500. The van der Waals surface area contributed by atoms with Crippen molar-refractivity contribution in [1.82, 2.24) is 4.98 Å². The van der Waals surface area contributed by atoms with Gasteiger partial charge in [-0.25, -0.2) is 9.78 Å². The van der Waals surface area contributed by atoms with E-state index < -0.39 is 5.60 Å². The van der Waals surface area contributed by atoms with Gasteiger partial charge in [-0.1, -0.05) is 0 Å². The second-order valence-electron chi connectivity index (χ2n) is 4.56. The van der Waals surface area contributed by atoms with Crippen molar-refractivity contribution in [2.45, 2.75) is 33.3 Å². The summed E-state index contributed by atoms with van der Waals surface area (Å²) in [7, 11) is 0. The molecule has 0 aromatic carbocycles. The molecule has 0 fully saturated rings. The third-order valence-corrected chi connectivity index (χ3v) is 2.39. The topological polar surface area (TPSA) is 42.4 Å². The summed E-state index contributed by atoms with van der Waals surface area (Å²) in [6.07, 6.45) is 1.28. The molecular weight excluding hydrogens is 284 g/mol. The van der Waals surface area contributed by atoms with Crippen LogP contribution in [0.1, 0.15) is 27.7 Å². The van der Waals surface area contributed by atoms with Gasteiger partial charge in [0, 0.05) is 17.2 Å². The number of pyridine rings is 1. The minimum absolute atomic E-state index is 0.380. The molecule has 4 nitrogen and oxygen atoms in total. The van der Waals surface area contributed by atoms with Crippen molar-refractivity contribution in [3.63, 3.8) is 0 Å². The molecule has 1 aromatic rings. The van der Waals surface area contributed by atoms with Crippen molar-refractivity contribution in [3.8, 4) is 0 Å². The van der Waals surface area contributed by atoms with Gasteiger partial charge < -0.3 is 4.74 Å². The number of nitrogens with zero attached hydrogens (tertiary/aromatic N) is 2. The van der Waals surface area contributed by atoms with Gasteiger partial charge >= 0.3 is 6.09 Å². The van der Waals surface area contributed by atoms with Crippen LogP contribution in [0.2, 0.25) is 0 Å². The van der Waals surface area contributed by atoms with Crippen molar-refractivity contribution in [2.24, 2.45) is 0 Å². The summed E-state index contributed by atoms with van der Waals surface area (Å²) in [6, 6.07) is 3.62. The number of carbonyl (C=O) groups is 1. The lowest BCUT2D eigenvalue weighted by Crippen LogP contribution is -2.37. The molecule has 0 aliphatic rings. The van der Waals surface area contributed by atoms with Crippen molar-refractivity contribution in [1.29, 1.82) is 0 Å². The number of anilines is 1. The fourth-order valence-electron chi connectivity index (χ4n) is 1.23. The number of rotatable bonds is 2. The van der Waals surface area contributed by atoms with Gasteiger partial charge in [-0.2, -0.15) is 0 Å². The van der Waals surface area contributed by atoms with Crippen molar-refractivity contribution in [2.75, 3.05) is 11.4 Å². The lowest BCUT2D eigenvalue weighted by Gasteiger charge is -2.25. The first-order valence-electron chi connectivity index (χ1n) is 5.45. The van der Waals surface area contributed by atoms with Crippen molar-refractivity contribution >= 4 is 27.8 Å². The first-order valence-corrected chi connectivity index (χ1v) is 6.25. The van der Waals surface area contributed by atoms with E-state index in [2.05, 4.69) is 20.9 Å². The molecule has 0 atom stereocenters. The van der Waals surface area contributed by atoms with Crippen molar-refractivity contribution < 1.29 is 9.53 Å². The van der Waals surface area contributed by atoms with Gasteiger partial charge in [0.05, 0.1) is 0 Å². The summed E-state index contributed by atoms with van der Waals surface area (Å²) >= 11 is 3.31. The van der Waals surface area contributed by atoms with Gasteiger partial charge in [0.1, 0.15) is 11.4 Å². The number of hydrogen-bond donors (Lipinski definition) is 0. The number of aromatic nitrogens is 1. The molecule has 0 aliphatic heterocycles. The summed E-state index contributed by atoms with van der Waals surface area (Å²) in [5.74, 6) is 0.588. The maximum atomic E-state index is 11.9. The van der Waals surface area contributed by atoms with Gasteiger partial charge in [0.25, 0.3) is 0 Å². The minimum atomic E-state index is -0.500. The highest BCUT2D eigenvalue weighted by molar-refractivity contribution is 9.10. The third kappa shape index (κ3) is 4.34. The van der Waals surface area contributed by atoms with E-state index >= 15 is 0 Å². The predicted molar refractivity (Wildman–Crippen MR) is 71.2 cm³/mol. The van der Waals surface area contributed by atoms with Gasteiger partial charge in [-0.3, -0.25) is 4.90 Å². The first-order chi connectivity index (χ1) is 7.83. The van der Waals surface area contributed by atoms with Gasteiger partial charge in [-0.15, -0.1) is 0 Å². The zero-order valence-corrected chi connectivity index (χ0v) is 12.1. The van der Waals surface area contributed by atoms with Gasteiger partial charge in [0.2, 0.25) is 0 Å². The van der Waals surface area contributed by atoms with E-state index in [0.29, 0.717) is 12.4 Å². The number of amides is 1. The number of halogens is 1. The Kier molecular flexibility index (Phi) is 4.51. The maximum Gasteiger partial charge on any atom is 0.415 e. The molecule has 1 heterocycles. The molecule has 0 saturated carbocycles. The largest absolute Gasteiger partial charge is 0.443 e. The van der Waals surface area contributed by atoms with E-state index in [1.165, 1.54) is 4.90 Å². The van der Waals surface area contributed by atoms with Crippen LogP contribution in [0.5, 0.6) is 0 Å². The Morgan fingerprint density at radius 2 is 2.12 bits per heavy atom. The van der Waals surface area contributed by atoms with Crippen LogP contribution >= 0.6 is 15.9 Å². The molecule has 1 rings (SSSR count). The summed E-state index contributed by atoms with van der Waals surface area (Å²) < 4.78 is 6.19. The standard InChI is InChI=1S/C12H17BrN2O2/c1-5-15(11(16)17-12(2,3)4)10-7-6-9(13)8-14-10/h6-8H,5H2,1-4H3. The molecule has 0 N–H and O–H groups in total. The Hall–Kier alpha value is -1.10. The molecule has 1 aromatic heterocycles. The van der Waals surface area contributed by atoms with E-state index in [9.17, 15) is 4.79 Å². The molecule has 0 radical (unpaired) electrons. The predicted octanol–water partition coefficient (Wildman–Crippen LogP) is 3.61. The highest BCUT2D eigenvalue weighted by Crippen LogP contribution is 2.17. The quantitative estimate of drug-likeness (QED) is 0.838. The van der Waals surface area contributed by atoms with Crippen LogP contribution in [0.3, 0.4) is 0 Å². The van der Waals surface area contributed by atoms with E-state index in [1.54, 1.807) is 12.3 Å². The number of carbonyl (C=O) groups excluding carboxylic acids is 1. The Bertz CT molecular complexity index is 384. The van der Waals surface area contributed by atoms with Crippen LogP contribution in [0.25, 0.3) is 0 Å². The van der Waals surface area contributed by atoms with E-state index in [0.717, 1.165) is 4.47 Å². The molecule has 0 unspecified atom stereocenters. The average molecular weight is 301 g/mol. The van der Waals surface area contributed by atoms with Crippen LogP contribution in [0.4, 0.5) is 10.6 Å². The van der Waals surface area contributed by atoms with Crippen LogP contribution in [-0.4, -0.2) is 23.2 Å². The van der Waals surface area contributed by atoms with Gasteiger partial charge in [-0.05, 0) is 55.8 Å². The number of hydrogen-bond acceptors (Lipinski definition) is 3. The molecule has 0 aliphatic carbocycles. The molecule has 17 heavy (non-hydrogen) atoms. The molecule has 0 saturated heterocycles. The molecular formula is C12H17BrN2O2. The Balaban J connectivity index is 2.84. The second kappa shape index (κ2) is 5.49. The normalized spacial score (nSPS) is 11.1. The number of ether oxygens (including phenoxy) is 1. The maximum absolute atomic E-state index is 11.9. The third-order valence-electron chi connectivity index (χ3n) is 1.92. The molecule has 0 bridgehead atoms. The summed E-state index contributed by atoms with van der Waals surface area (Å²) in [6.45, 7) is 7.92. The van der Waals surface area contributed by atoms with E-state index in [4.69, 9.17) is 4.74 Å². The Labute approximate surface area is 110 Å². The van der Waals surface area contributed by atoms with Crippen LogP contribution in [0, 0.1) is 0 Å². The van der Waals surface area contributed by atoms with Crippen molar-refractivity contribution in [3.05, 3.63) is 22.8 Å². The monoisotopic (exact) mass is 300 g/mol. The zero-order chi connectivity index (χ0) is 13.1. The Morgan fingerprint density at radius 3 is 2.53 bits per heavy atom. The lowest BCUT2D eigenvalue weighted by molar-refractivity contribution is 0.0581. The summed E-state index contributed by atoms with van der Waals surface area (Å²) in [5, 5.41) is 0. The van der Waals surface area contributed by atoms with Gasteiger partial charge in [0.15, 0.2) is 0 Å². The van der Waals surface area contributed by atoms with Crippen LogP contribution < -0.4 is 4.90 Å². The van der Waals surface area contributed by atoms with E-state index in [1.807, 2.05) is 33.8 Å². The highest BCUT2D eigenvalue weighted by atomic mass is 79.9. The molecule has 94 valence electrons.